The Morgan fingerprint density at radius 1 is 1.43 bits per heavy atom. The second kappa shape index (κ2) is 6.22. The standard InChI is InChI=1S/C15H17BrN2O3S2/c1-3-14(19)17-15-18(10-4-5-11(16)9(2)6-10)12-7-23(20,21)8-13(12)22-15/h4-6,12-13H,3,7-8H2,1-2H3/t12-,13+/m0/s1. The molecule has 2 atom stereocenters. The topological polar surface area (TPSA) is 66.8 Å². The first kappa shape index (κ1) is 17.0. The minimum atomic E-state index is -3.03. The third-order valence-corrected chi connectivity index (χ3v) is 8.11. The van der Waals surface area contributed by atoms with Crippen LogP contribution in [0.5, 0.6) is 0 Å². The summed E-state index contributed by atoms with van der Waals surface area (Å²) < 4.78 is 24.9. The van der Waals surface area contributed by atoms with Gasteiger partial charge in [0, 0.05) is 21.8 Å². The molecule has 0 N–H and O–H groups in total. The highest BCUT2D eigenvalue weighted by Gasteiger charge is 2.49. The van der Waals surface area contributed by atoms with Crippen molar-refractivity contribution in [3.8, 4) is 0 Å². The molecule has 0 aliphatic carbocycles. The maximum absolute atomic E-state index is 12.0. The summed E-state index contributed by atoms with van der Waals surface area (Å²) >= 11 is 4.88. The van der Waals surface area contributed by atoms with E-state index in [9.17, 15) is 13.2 Å². The van der Waals surface area contributed by atoms with Crippen molar-refractivity contribution in [2.45, 2.75) is 31.6 Å². The van der Waals surface area contributed by atoms with E-state index >= 15 is 0 Å². The lowest BCUT2D eigenvalue weighted by Crippen LogP contribution is -2.37. The number of aryl methyl sites for hydroxylation is 1. The number of nitrogens with zero attached hydrogens (tertiary/aromatic N) is 2. The number of rotatable bonds is 2. The van der Waals surface area contributed by atoms with E-state index < -0.39 is 9.84 Å². The van der Waals surface area contributed by atoms with Gasteiger partial charge in [-0.2, -0.15) is 4.99 Å². The van der Waals surface area contributed by atoms with E-state index in [2.05, 4.69) is 20.9 Å². The number of aliphatic imine (C=N–C) groups is 1. The fourth-order valence-corrected chi connectivity index (χ4v) is 7.01. The van der Waals surface area contributed by atoms with E-state index in [4.69, 9.17) is 0 Å². The molecule has 8 heteroatoms. The molecule has 1 amide bonds. The minimum Gasteiger partial charge on any atom is -0.316 e. The molecule has 2 saturated heterocycles. The molecule has 0 aromatic heterocycles. The van der Waals surface area contributed by atoms with Gasteiger partial charge in [-0.1, -0.05) is 34.6 Å². The first-order chi connectivity index (χ1) is 10.8. The van der Waals surface area contributed by atoms with Crippen LogP contribution in [-0.4, -0.2) is 42.3 Å². The molecule has 0 unspecified atom stereocenters. The summed E-state index contributed by atoms with van der Waals surface area (Å²) in [6.07, 6.45) is 0.338. The molecule has 23 heavy (non-hydrogen) atoms. The lowest BCUT2D eigenvalue weighted by Gasteiger charge is -2.25. The Balaban J connectivity index is 2.04. The summed E-state index contributed by atoms with van der Waals surface area (Å²) in [4.78, 5) is 17.9. The minimum absolute atomic E-state index is 0.0626. The largest absolute Gasteiger partial charge is 0.316 e. The van der Waals surface area contributed by atoms with Crippen LogP contribution in [0.1, 0.15) is 18.9 Å². The number of amides is 1. The van der Waals surface area contributed by atoms with Crippen LogP contribution in [-0.2, 0) is 14.6 Å². The van der Waals surface area contributed by atoms with Crippen LogP contribution < -0.4 is 4.90 Å². The summed E-state index contributed by atoms with van der Waals surface area (Å²) in [6.45, 7) is 3.75. The Morgan fingerprint density at radius 2 is 2.17 bits per heavy atom. The van der Waals surface area contributed by atoms with Gasteiger partial charge in [0.25, 0.3) is 0 Å². The van der Waals surface area contributed by atoms with Gasteiger partial charge in [0.15, 0.2) is 15.0 Å². The molecule has 0 saturated carbocycles. The summed E-state index contributed by atoms with van der Waals surface area (Å²) in [5.74, 6) is 0.0708. The molecule has 5 nitrogen and oxygen atoms in total. The van der Waals surface area contributed by atoms with Crippen LogP contribution in [0.4, 0.5) is 5.69 Å². The van der Waals surface area contributed by atoms with Gasteiger partial charge < -0.3 is 4.90 Å². The average molecular weight is 417 g/mol. The first-order valence-electron chi connectivity index (χ1n) is 7.34. The average Bonchev–Trinajstić information content (AvgIpc) is 2.93. The van der Waals surface area contributed by atoms with E-state index in [0.717, 1.165) is 15.7 Å². The van der Waals surface area contributed by atoms with E-state index in [1.165, 1.54) is 11.8 Å². The zero-order chi connectivity index (χ0) is 16.8. The highest BCUT2D eigenvalue weighted by Crippen LogP contribution is 2.41. The molecule has 2 fully saturated rings. The SMILES string of the molecule is CCC(=O)N=C1S[C@@H]2CS(=O)(=O)C[C@@H]2N1c1ccc(Br)c(C)c1. The number of sulfone groups is 1. The molecule has 1 aromatic carbocycles. The van der Waals surface area contributed by atoms with Gasteiger partial charge in [-0.15, -0.1) is 0 Å². The highest BCUT2D eigenvalue weighted by molar-refractivity contribution is 9.10. The van der Waals surface area contributed by atoms with Gasteiger partial charge in [0.2, 0.25) is 5.91 Å². The van der Waals surface area contributed by atoms with Crippen molar-refractivity contribution >= 4 is 54.3 Å². The van der Waals surface area contributed by atoms with Crippen LogP contribution in [0.15, 0.2) is 27.7 Å². The molecule has 3 rings (SSSR count). The zero-order valence-electron chi connectivity index (χ0n) is 12.8. The van der Waals surface area contributed by atoms with Crippen molar-refractivity contribution in [3.63, 3.8) is 0 Å². The molecule has 0 bridgehead atoms. The fraction of sp³-hybridized carbons (Fsp3) is 0.467. The number of anilines is 1. The second-order valence-electron chi connectivity index (χ2n) is 5.75. The Morgan fingerprint density at radius 3 is 2.83 bits per heavy atom. The fourth-order valence-electron chi connectivity index (χ4n) is 2.83. The summed E-state index contributed by atoms with van der Waals surface area (Å²) in [7, 11) is -3.03. The van der Waals surface area contributed by atoms with Gasteiger partial charge >= 0.3 is 0 Å². The quantitative estimate of drug-likeness (QED) is 0.741. The van der Waals surface area contributed by atoms with Crippen molar-refractivity contribution in [1.82, 2.24) is 0 Å². The number of hydrogen-bond acceptors (Lipinski definition) is 4. The maximum Gasteiger partial charge on any atom is 0.247 e. The van der Waals surface area contributed by atoms with E-state index in [1.54, 1.807) is 6.92 Å². The smallest absolute Gasteiger partial charge is 0.247 e. The number of carbonyl (C=O) groups is 1. The molecule has 1 aromatic rings. The van der Waals surface area contributed by atoms with Gasteiger partial charge in [-0.25, -0.2) is 8.42 Å². The first-order valence-corrected chi connectivity index (χ1v) is 10.8. The summed E-state index contributed by atoms with van der Waals surface area (Å²) in [5, 5.41) is 0.552. The number of thioether (sulfide) groups is 1. The van der Waals surface area contributed by atoms with Crippen molar-refractivity contribution in [2.75, 3.05) is 16.4 Å². The number of amidine groups is 1. The summed E-state index contributed by atoms with van der Waals surface area (Å²) in [6, 6.07) is 5.70. The highest BCUT2D eigenvalue weighted by atomic mass is 79.9. The zero-order valence-corrected chi connectivity index (χ0v) is 16.0. The van der Waals surface area contributed by atoms with Crippen LogP contribution in [0, 0.1) is 6.92 Å². The van der Waals surface area contributed by atoms with Crippen LogP contribution >= 0.6 is 27.7 Å². The lowest BCUT2D eigenvalue weighted by atomic mass is 10.1. The predicted octanol–water partition coefficient (Wildman–Crippen LogP) is 2.77. The molecule has 124 valence electrons. The Bertz CT molecular complexity index is 792. The van der Waals surface area contributed by atoms with Crippen LogP contribution in [0.25, 0.3) is 0 Å². The third-order valence-electron chi connectivity index (χ3n) is 4.01. The molecular weight excluding hydrogens is 400 g/mol. The van der Waals surface area contributed by atoms with Crippen molar-refractivity contribution < 1.29 is 13.2 Å². The van der Waals surface area contributed by atoms with Gasteiger partial charge in [0.1, 0.15) is 0 Å². The van der Waals surface area contributed by atoms with Gasteiger partial charge in [-0.05, 0) is 30.7 Å². The molecular formula is C15H17BrN2O3S2. The monoisotopic (exact) mass is 416 g/mol. The van der Waals surface area contributed by atoms with E-state index in [1.807, 2.05) is 30.0 Å². The number of hydrogen-bond donors (Lipinski definition) is 0. The van der Waals surface area contributed by atoms with Crippen LogP contribution in [0.2, 0.25) is 0 Å². The lowest BCUT2D eigenvalue weighted by molar-refractivity contribution is -0.117. The van der Waals surface area contributed by atoms with E-state index in [-0.39, 0.29) is 28.7 Å². The number of benzene rings is 1. The molecule has 2 aliphatic rings. The molecule has 0 spiro atoms. The van der Waals surface area contributed by atoms with Crippen LogP contribution in [0.3, 0.4) is 0 Å². The van der Waals surface area contributed by atoms with Crippen molar-refractivity contribution in [2.24, 2.45) is 4.99 Å². The predicted molar refractivity (Wildman–Crippen MR) is 97.9 cm³/mol. The molecule has 0 radical (unpaired) electrons. The Hall–Kier alpha value is -0.860. The molecule has 2 aliphatic heterocycles. The number of carbonyl (C=O) groups excluding carboxylic acids is 1. The third kappa shape index (κ3) is 3.34. The van der Waals surface area contributed by atoms with E-state index in [0.29, 0.717) is 11.6 Å². The normalized spacial score (nSPS) is 27.4. The number of fused-ring (bicyclic) bond motifs is 1. The van der Waals surface area contributed by atoms with Gasteiger partial charge in [0.05, 0.1) is 17.5 Å². The second-order valence-corrected chi connectivity index (χ2v) is 9.96. The molecule has 2 heterocycles. The van der Waals surface area contributed by atoms with Crippen molar-refractivity contribution in [3.05, 3.63) is 28.2 Å². The Kier molecular flexibility index (Phi) is 4.59. The maximum atomic E-state index is 12.0. The van der Waals surface area contributed by atoms with Gasteiger partial charge in [-0.3, -0.25) is 4.79 Å². The summed E-state index contributed by atoms with van der Waals surface area (Å²) in [5.41, 5.74) is 1.93. The Labute approximate surface area is 148 Å². The van der Waals surface area contributed by atoms with Crippen molar-refractivity contribution in [1.29, 1.82) is 0 Å². The number of halogens is 1.